The molecule has 1 fully saturated rings. The van der Waals surface area contributed by atoms with E-state index in [0.717, 1.165) is 26.1 Å². The molecule has 16 heavy (non-hydrogen) atoms. The molecule has 0 aromatic heterocycles. The van der Waals surface area contributed by atoms with Gasteiger partial charge in [0.2, 0.25) is 0 Å². The third-order valence-corrected chi connectivity index (χ3v) is 2.98. The number of rotatable bonds is 6. The summed E-state index contributed by atoms with van der Waals surface area (Å²) in [5, 5.41) is 0. The molecular formula is C11H21NO4. The molecule has 2 atom stereocenters. The van der Waals surface area contributed by atoms with Gasteiger partial charge in [0.25, 0.3) is 0 Å². The lowest BCUT2D eigenvalue weighted by Crippen LogP contribution is -2.27. The van der Waals surface area contributed by atoms with Crippen molar-refractivity contribution in [2.45, 2.75) is 25.0 Å². The molecule has 1 saturated heterocycles. The summed E-state index contributed by atoms with van der Waals surface area (Å²) in [5.74, 6) is -0.147. The molecule has 0 saturated carbocycles. The number of carbonyl (C=O) groups excluding carboxylic acids is 1. The monoisotopic (exact) mass is 231 g/mol. The van der Waals surface area contributed by atoms with Gasteiger partial charge >= 0.3 is 5.97 Å². The van der Waals surface area contributed by atoms with E-state index in [1.165, 1.54) is 7.11 Å². The molecule has 5 nitrogen and oxygen atoms in total. The van der Waals surface area contributed by atoms with Crippen LogP contribution in [-0.2, 0) is 19.0 Å². The van der Waals surface area contributed by atoms with Crippen LogP contribution in [0.4, 0.5) is 0 Å². The number of carbonyl (C=O) groups is 1. The minimum absolute atomic E-state index is 0.142. The lowest BCUT2D eigenvalue weighted by atomic mass is 10.3. The van der Waals surface area contributed by atoms with Crippen molar-refractivity contribution in [2.75, 3.05) is 41.0 Å². The maximum Gasteiger partial charge on any atom is 0.305 e. The van der Waals surface area contributed by atoms with Gasteiger partial charge in [0, 0.05) is 33.7 Å². The van der Waals surface area contributed by atoms with Crippen molar-refractivity contribution in [1.82, 2.24) is 4.90 Å². The lowest BCUT2D eigenvalue weighted by Gasteiger charge is -2.14. The highest BCUT2D eigenvalue weighted by Gasteiger charge is 2.32. The normalized spacial score (nSPS) is 25.9. The molecule has 0 bridgehead atoms. The smallest absolute Gasteiger partial charge is 0.305 e. The van der Waals surface area contributed by atoms with Gasteiger partial charge in [0.05, 0.1) is 19.3 Å². The van der Waals surface area contributed by atoms with Crippen LogP contribution in [-0.4, -0.2) is 64.0 Å². The Kier molecular flexibility index (Phi) is 5.73. The van der Waals surface area contributed by atoms with Crippen LogP contribution < -0.4 is 0 Å². The van der Waals surface area contributed by atoms with Gasteiger partial charge in [-0.3, -0.25) is 9.69 Å². The second kappa shape index (κ2) is 6.83. The molecule has 0 amide bonds. The Morgan fingerprint density at radius 3 is 2.19 bits per heavy atom. The zero-order valence-corrected chi connectivity index (χ0v) is 10.3. The van der Waals surface area contributed by atoms with Crippen molar-refractivity contribution in [3.63, 3.8) is 0 Å². The minimum atomic E-state index is -0.147. The largest absolute Gasteiger partial charge is 0.469 e. The summed E-state index contributed by atoms with van der Waals surface area (Å²) in [4.78, 5) is 13.2. The number of hydrogen-bond donors (Lipinski definition) is 0. The second-order valence-corrected chi connectivity index (χ2v) is 3.99. The maximum absolute atomic E-state index is 10.9. The van der Waals surface area contributed by atoms with Crippen molar-refractivity contribution < 1.29 is 19.0 Å². The first-order valence-corrected chi connectivity index (χ1v) is 5.56. The molecule has 5 heteroatoms. The highest BCUT2D eigenvalue weighted by molar-refractivity contribution is 5.69. The number of esters is 1. The standard InChI is InChI=1S/C11H21NO4/c1-14-9-7-12(8-10(9)15-2)6-4-5-11(13)16-3/h9-10H,4-8H2,1-3H3. The Bertz CT molecular complexity index is 210. The lowest BCUT2D eigenvalue weighted by molar-refractivity contribution is -0.140. The zero-order valence-electron chi connectivity index (χ0n) is 10.3. The Morgan fingerprint density at radius 1 is 1.19 bits per heavy atom. The van der Waals surface area contributed by atoms with Crippen LogP contribution in [0.2, 0.25) is 0 Å². The molecule has 1 rings (SSSR count). The number of hydrogen-bond acceptors (Lipinski definition) is 5. The highest BCUT2D eigenvalue weighted by Crippen LogP contribution is 2.16. The van der Waals surface area contributed by atoms with E-state index in [9.17, 15) is 4.79 Å². The van der Waals surface area contributed by atoms with Crippen molar-refractivity contribution in [2.24, 2.45) is 0 Å². The minimum Gasteiger partial charge on any atom is -0.469 e. The molecule has 0 N–H and O–H groups in total. The van der Waals surface area contributed by atoms with Crippen molar-refractivity contribution >= 4 is 5.97 Å². The fourth-order valence-electron chi connectivity index (χ4n) is 2.00. The highest BCUT2D eigenvalue weighted by atomic mass is 16.5. The molecule has 0 aromatic rings. The average Bonchev–Trinajstić information content (AvgIpc) is 2.71. The van der Waals surface area contributed by atoms with E-state index in [0.29, 0.717) is 6.42 Å². The fraction of sp³-hybridized carbons (Fsp3) is 0.909. The van der Waals surface area contributed by atoms with E-state index < -0.39 is 0 Å². The van der Waals surface area contributed by atoms with Gasteiger partial charge in [-0.2, -0.15) is 0 Å². The van der Waals surface area contributed by atoms with Gasteiger partial charge in [0.1, 0.15) is 0 Å². The molecule has 2 unspecified atom stereocenters. The van der Waals surface area contributed by atoms with Crippen LogP contribution >= 0.6 is 0 Å². The summed E-state index contributed by atoms with van der Waals surface area (Å²) in [7, 11) is 4.82. The van der Waals surface area contributed by atoms with E-state index in [4.69, 9.17) is 9.47 Å². The molecule has 94 valence electrons. The van der Waals surface area contributed by atoms with Crippen LogP contribution in [0, 0.1) is 0 Å². The Hall–Kier alpha value is -0.650. The van der Waals surface area contributed by atoms with Gasteiger partial charge in [-0.05, 0) is 13.0 Å². The van der Waals surface area contributed by atoms with E-state index in [2.05, 4.69) is 9.64 Å². The number of ether oxygens (including phenoxy) is 3. The Morgan fingerprint density at radius 2 is 1.75 bits per heavy atom. The first-order chi connectivity index (χ1) is 7.71. The Labute approximate surface area is 96.6 Å². The first kappa shape index (κ1) is 13.4. The SMILES string of the molecule is COC(=O)CCCN1CC(OC)C(OC)C1. The summed E-state index contributed by atoms with van der Waals surface area (Å²) < 4.78 is 15.3. The predicted molar refractivity (Wildman–Crippen MR) is 59.3 cm³/mol. The van der Waals surface area contributed by atoms with Gasteiger partial charge < -0.3 is 14.2 Å². The molecular weight excluding hydrogens is 210 g/mol. The molecule has 1 aliphatic heterocycles. The van der Waals surface area contributed by atoms with Crippen LogP contribution in [0.15, 0.2) is 0 Å². The molecule has 0 aliphatic carbocycles. The van der Waals surface area contributed by atoms with Crippen LogP contribution in [0.1, 0.15) is 12.8 Å². The Balaban J connectivity index is 2.22. The third kappa shape index (κ3) is 3.73. The summed E-state index contributed by atoms with van der Waals surface area (Å²) >= 11 is 0. The predicted octanol–water partition coefficient (Wildman–Crippen LogP) is 0.285. The molecule has 0 spiro atoms. The van der Waals surface area contributed by atoms with Gasteiger partial charge in [-0.15, -0.1) is 0 Å². The van der Waals surface area contributed by atoms with E-state index in [1.54, 1.807) is 14.2 Å². The van der Waals surface area contributed by atoms with Gasteiger partial charge in [-0.1, -0.05) is 0 Å². The van der Waals surface area contributed by atoms with Gasteiger partial charge in [0.15, 0.2) is 0 Å². The van der Waals surface area contributed by atoms with Crippen LogP contribution in [0.5, 0.6) is 0 Å². The zero-order chi connectivity index (χ0) is 12.0. The summed E-state index contributed by atoms with van der Waals surface area (Å²) in [6.07, 6.45) is 1.58. The molecule has 1 heterocycles. The second-order valence-electron chi connectivity index (χ2n) is 3.99. The average molecular weight is 231 g/mol. The van der Waals surface area contributed by atoms with Crippen molar-refractivity contribution in [1.29, 1.82) is 0 Å². The van der Waals surface area contributed by atoms with Crippen LogP contribution in [0.3, 0.4) is 0 Å². The summed E-state index contributed by atoms with van der Waals surface area (Å²) in [6, 6.07) is 0. The summed E-state index contributed by atoms with van der Waals surface area (Å²) in [6.45, 7) is 2.63. The third-order valence-electron chi connectivity index (χ3n) is 2.98. The van der Waals surface area contributed by atoms with Crippen molar-refractivity contribution in [3.8, 4) is 0 Å². The maximum atomic E-state index is 10.9. The molecule has 0 radical (unpaired) electrons. The van der Waals surface area contributed by atoms with E-state index >= 15 is 0 Å². The van der Waals surface area contributed by atoms with Crippen LogP contribution in [0.25, 0.3) is 0 Å². The van der Waals surface area contributed by atoms with Gasteiger partial charge in [-0.25, -0.2) is 0 Å². The van der Waals surface area contributed by atoms with E-state index in [1.807, 2.05) is 0 Å². The number of methoxy groups -OCH3 is 3. The molecule has 1 aliphatic rings. The van der Waals surface area contributed by atoms with Crippen molar-refractivity contribution in [3.05, 3.63) is 0 Å². The number of likely N-dealkylation sites (tertiary alicyclic amines) is 1. The topological polar surface area (TPSA) is 48.0 Å². The quantitative estimate of drug-likeness (QED) is 0.615. The van der Waals surface area contributed by atoms with E-state index in [-0.39, 0.29) is 18.2 Å². The molecule has 0 aromatic carbocycles. The first-order valence-electron chi connectivity index (χ1n) is 5.56. The fourth-order valence-corrected chi connectivity index (χ4v) is 2.00. The summed E-state index contributed by atoms with van der Waals surface area (Å²) in [5.41, 5.74) is 0. The number of nitrogens with zero attached hydrogens (tertiary/aromatic N) is 1.